The molecule has 2 aromatic rings. The number of carbonyl (C=O) groups is 1. The molecule has 1 aromatic heterocycles. The number of amides is 1. The smallest absolute Gasteiger partial charge is 0.270 e. The van der Waals surface area contributed by atoms with E-state index < -0.39 is 0 Å². The van der Waals surface area contributed by atoms with Crippen LogP contribution in [0.5, 0.6) is 5.75 Å². The molecule has 27 heavy (non-hydrogen) atoms. The number of benzene rings is 1. The van der Waals surface area contributed by atoms with Crippen LogP contribution in [0, 0.1) is 0 Å². The van der Waals surface area contributed by atoms with Gasteiger partial charge in [0, 0.05) is 5.56 Å². The van der Waals surface area contributed by atoms with Crippen molar-refractivity contribution in [3.63, 3.8) is 0 Å². The monoisotopic (exact) mass is 387 g/mol. The van der Waals surface area contributed by atoms with Crippen LogP contribution in [0.4, 0.5) is 5.82 Å². The standard InChI is InChI=1S/C20H25N3O3S/c1-2-26-15-11-7-6-10-14(15)18-17-19(21-16(24)12-27-18)23(22-20(17)25)13-8-4-3-5-9-13/h6-7,10-11,13,18H,2-5,8-9,12H2,1H3,(H,21,24)(H,22,25)/t18-/m0/s1. The van der Waals surface area contributed by atoms with Gasteiger partial charge in [-0.3, -0.25) is 19.4 Å². The van der Waals surface area contributed by atoms with Crippen molar-refractivity contribution in [2.45, 2.75) is 50.3 Å². The first-order chi connectivity index (χ1) is 13.2. The second-order valence-corrected chi connectivity index (χ2v) is 8.17. The number of thioether (sulfide) groups is 1. The van der Waals surface area contributed by atoms with Gasteiger partial charge in [0.2, 0.25) is 5.91 Å². The predicted molar refractivity (Wildman–Crippen MR) is 108 cm³/mol. The zero-order valence-corrected chi connectivity index (χ0v) is 16.3. The first-order valence-electron chi connectivity index (χ1n) is 9.66. The van der Waals surface area contributed by atoms with Crippen molar-refractivity contribution < 1.29 is 9.53 Å². The number of aromatic amines is 1. The highest BCUT2D eigenvalue weighted by Gasteiger charge is 2.33. The Morgan fingerprint density at radius 1 is 1.19 bits per heavy atom. The molecule has 1 aliphatic heterocycles. The van der Waals surface area contributed by atoms with Gasteiger partial charge in [0.1, 0.15) is 11.6 Å². The number of hydrogen-bond acceptors (Lipinski definition) is 4. The van der Waals surface area contributed by atoms with E-state index in [2.05, 4.69) is 10.4 Å². The van der Waals surface area contributed by atoms with Crippen molar-refractivity contribution in [2.24, 2.45) is 0 Å². The summed E-state index contributed by atoms with van der Waals surface area (Å²) in [4.78, 5) is 25.3. The summed E-state index contributed by atoms with van der Waals surface area (Å²) >= 11 is 1.48. The van der Waals surface area contributed by atoms with Gasteiger partial charge in [-0.05, 0) is 25.8 Å². The van der Waals surface area contributed by atoms with Crippen LogP contribution in [0.3, 0.4) is 0 Å². The first kappa shape index (κ1) is 18.2. The average molecular weight is 388 g/mol. The van der Waals surface area contributed by atoms with Crippen LogP contribution in [0.2, 0.25) is 0 Å². The number of para-hydroxylation sites is 1. The summed E-state index contributed by atoms with van der Waals surface area (Å²) in [6.45, 7) is 2.50. The summed E-state index contributed by atoms with van der Waals surface area (Å²) in [6, 6.07) is 8.02. The first-order valence-corrected chi connectivity index (χ1v) is 10.7. The molecule has 0 bridgehead atoms. The van der Waals surface area contributed by atoms with Crippen LogP contribution in [-0.2, 0) is 4.79 Å². The normalized spacial score (nSPS) is 20.6. The van der Waals surface area contributed by atoms with Crippen LogP contribution < -0.4 is 15.6 Å². The molecule has 1 aliphatic carbocycles. The molecule has 1 fully saturated rings. The predicted octanol–water partition coefficient (Wildman–Crippen LogP) is 3.86. The summed E-state index contributed by atoms with van der Waals surface area (Å²) in [5, 5.41) is 5.77. The van der Waals surface area contributed by atoms with Gasteiger partial charge < -0.3 is 10.1 Å². The fourth-order valence-corrected chi connectivity index (χ4v) is 5.24. The third-order valence-electron chi connectivity index (χ3n) is 5.30. The molecule has 2 aliphatic rings. The molecule has 4 rings (SSSR count). The van der Waals surface area contributed by atoms with Gasteiger partial charge in [-0.15, -0.1) is 11.8 Å². The molecule has 0 unspecified atom stereocenters. The summed E-state index contributed by atoms with van der Waals surface area (Å²) in [5.74, 6) is 1.64. The number of fused-ring (bicyclic) bond motifs is 1. The number of H-pyrrole nitrogens is 1. The van der Waals surface area contributed by atoms with Crippen LogP contribution in [0.1, 0.15) is 61.4 Å². The topological polar surface area (TPSA) is 76.1 Å². The highest BCUT2D eigenvalue weighted by Crippen LogP contribution is 2.44. The van der Waals surface area contributed by atoms with Crippen molar-refractivity contribution >= 4 is 23.5 Å². The summed E-state index contributed by atoms with van der Waals surface area (Å²) < 4.78 is 7.71. The number of hydrogen-bond donors (Lipinski definition) is 2. The third-order valence-corrected chi connectivity index (χ3v) is 6.56. The van der Waals surface area contributed by atoms with Crippen molar-refractivity contribution in [2.75, 3.05) is 17.7 Å². The quantitative estimate of drug-likeness (QED) is 0.835. The molecular formula is C20H25N3O3S. The van der Waals surface area contributed by atoms with E-state index in [1.54, 1.807) is 0 Å². The lowest BCUT2D eigenvalue weighted by Gasteiger charge is -2.25. The third kappa shape index (κ3) is 3.52. The SMILES string of the molecule is CCOc1ccccc1[C@@H]1SCC(=O)Nc2c1c(=O)[nH]n2C1CCCCC1. The van der Waals surface area contributed by atoms with E-state index in [9.17, 15) is 9.59 Å². The Labute approximate surface area is 162 Å². The van der Waals surface area contributed by atoms with Gasteiger partial charge in [-0.2, -0.15) is 0 Å². The molecule has 1 saturated carbocycles. The van der Waals surface area contributed by atoms with Crippen LogP contribution in [-0.4, -0.2) is 28.0 Å². The second-order valence-electron chi connectivity index (χ2n) is 7.08. The molecule has 1 atom stereocenters. The molecule has 6 nitrogen and oxygen atoms in total. The molecule has 2 heterocycles. The van der Waals surface area contributed by atoms with E-state index in [0.717, 1.165) is 37.0 Å². The average Bonchev–Trinajstić information content (AvgIpc) is 2.89. The van der Waals surface area contributed by atoms with E-state index in [1.807, 2.05) is 35.9 Å². The number of carbonyl (C=O) groups excluding carboxylic acids is 1. The van der Waals surface area contributed by atoms with Gasteiger partial charge in [-0.1, -0.05) is 37.5 Å². The van der Waals surface area contributed by atoms with Gasteiger partial charge in [0.25, 0.3) is 5.56 Å². The summed E-state index contributed by atoms with van der Waals surface area (Å²) in [5.41, 5.74) is 1.44. The lowest BCUT2D eigenvalue weighted by atomic mass is 9.95. The van der Waals surface area contributed by atoms with E-state index in [0.29, 0.717) is 23.7 Å². The van der Waals surface area contributed by atoms with Crippen molar-refractivity contribution in [3.8, 4) is 5.75 Å². The maximum Gasteiger partial charge on any atom is 0.270 e. The van der Waals surface area contributed by atoms with Crippen molar-refractivity contribution in [3.05, 3.63) is 45.7 Å². The largest absolute Gasteiger partial charge is 0.494 e. The van der Waals surface area contributed by atoms with Crippen LogP contribution in [0.15, 0.2) is 29.1 Å². The van der Waals surface area contributed by atoms with Gasteiger partial charge in [-0.25, -0.2) is 0 Å². The van der Waals surface area contributed by atoms with Crippen LogP contribution in [0.25, 0.3) is 0 Å². The van der Waals surface area contributed by atoms with E-state index in [-0.39, 0.29) is 22.8 Å². The number of ether oxygens (including phenoxy) is 1. The van der Waals surface area contributed by atoms with E-state index >= 15 is 0 Å². The molecule has 0 saturated heterocycles. The van der Waals surface area contributed by atoms with Gasteiger partial charge >= 0.3 is 0 Å². The summed E-state index contributed by atoms with van der Waals surface area (Å²) in [7, 11) is 0. The zero-order chi connectivity index (χ0) is 18.8. The minimum atomic E-state index is -0.240. The molecule has 1 aromatic carbocycles. The number of anilines is 1. The highest BCUT2D eigenvalue weighted by atomic mass is 32.2. The molecule has 0 spiro atoms. The number of rotatable bonds is 4. The summed E-state index contributed by atoms with van der Waals surface area (Å²) in [6.07, 6.45) is 5.59. The molecular weight excluding hydrogens is 362 g/mol. The Kier molecular flexibility index (Phi) is 5.29. The minimum absolute atomic E-state index is 0.0683. The number of aromatic nitrogens is 2. The Morgan fingerprint density at radius 3 is 2.74 bits per heavy atom. The number of nitrogens with one attached hydrogen (secondary N) is 2. The maximum atomic E-state index is 13.0. The van der Waals surface area contributed by atoms with Gasteiger partial charge in [0.15, 0.2) is 0 Å². The van der Waals surface area contributed by atoms with Crippen molar-refractivity contribution in [1.82, 2.24) is 9.78 Å². The Bertz CT molecular complexity index is 883. The van der Waals surface area contributed by atoms with Crippen LogP contribution >= 0.6 is 11.8 Å². The van der Waals surface area contributed by atoms with E-state index in [1.165, 1.54) is 18.2 Å². The zero-order valence-electron chi connectivity index (χ0n) is 15.5. The molecule has 0 radical (unpaired) electrons. The van der Waals surface area contributed by atoms with Gasteiger partial charge in [0.05, 0.1) is 29.2 Å². The number of nitrogens with zero attached hydrogens (tertiary/aromatic N) is 1. The maximum absolute atomic E-state index is 13.0. The second kappa shape index (κ2) is 7.84. The molecule has 7 heteroatoms. The minimum Gasteiger partial charge on any atom is -0.494 e. The van der Waals surface area contributed by atoms with E-state index in [4.69, 9.17) is 4.74 Å². The Hall–Kier alpha value is -2.15. The molecule has 2 N–H and O–H groups in total. The highest BCUT2D eigenvalue weighted by molar-refractivity contribution is 8.00. The fourth-order valence-electron chi connectivity index (χ4n) is 4.09. The Balaban J connectivity index is 1.82. The molecule has 144 valence electrons. The molecule has 1 amide bonds. The lowest BCUT2D eigenvalue weighted by Crippen LogP contribution is -2.21. The lowest BCUT2D eigenvalue weighted by molar-refractivity contribution is -0.113. The fraction of sp³-hybridized carbons (Fsp3) is 0.500. The van der Waals surface area contributed by atoms with Crippen molar-refractivity contribution in [1.29, 1.82) is 0 Å². The Morgan fingerprint density at radius 2 is 1.96 bits per heavy atom.